The van der Waals surface area contributed by atoms with Gasteiger partial charge in [-0.2, -0.15) is 0 Å². The van der Waals surface area contributed by atoms with Gasteiger partial charge in [0.2, 0.25) is 5.91 Å². The zero-order valence-corrected chi connectivity index (χ0v) is 20.5. The average molecular weight is 474 g/mol. The number of aryl methyl sites for hydroxylation is 2. The SMILES string of the molecule is CCOc1ccccc1NC(=O)C(C)Sc1nnc(-c2ccncc2)n1-c1ccc(C)c(C)c1. The summed E-state index contributed by atoms with van der Waals surface area (Å²) in [5, 5.41) is 12.1. The number of para-hydroxylation sites is 2. The molecule has 0 radical (unpaired) electrons. The zero-order chi connectivity index (χ0) is 24.1. The quantitative estimate of drug-likeness (QED) is 0.342. The van der Waals surface area contributed by atoms with Crippen molar-refractivity contribution in [3.05, 3.63) is 78.1 Å². The highest BCUT2D eigenvalue weighted by Gasteiger charge is 2.23. The number of carbonyl (C=O) groups is 1. The number of pyridine rings is 1. The van der Waals surface area contributed by atoms with Crippen LogP contribution in [0.3, 0.4) is 0 Å². The third-order valence-electron chi connectivity index (χ3n) is 5.42. The lowest BCUT2D eigenvalue weighted by molar-refractivity contribution is -0.115. The molecule has 0 aliphatic heterocycles. The van der Waals surface area contributed by atoms with Crippen molar-refractivity contribution in [1.29, 1.82) is 0 Å². The van der Waals surface area contributed by atoms with Crippen molar-refractivity contribution < 1.29 is 9.53 Å². The van der Waals surface area contributed by atoms with Gasteiger partial charge in [-0.05, 0) is 75.2 Å². The van der Waals surface area contributed by atoms with Crippen LogP contribution < -0.4 is 10.1 Å². The number of aromatic nitrogens is 4. The van der Waals surface area contributed by atoms with E-state index in [0.29, 0.717) is 29.0 Å². The highest BCUT2D eigenvalue weighted by Crippen LogP contribution is 2.32. The normalized spacial score (nSPS) is 11.8. The molecule has 0 saturated heterocycles. The molecular weight excluding hydrogens is 446 g/mol. The van der Waals surface area contributed by atoms with Crippen LogP contribution in [0.1, 0.15) is 25.0 Å². The molecule has 4 aromatic rings. The Morgan fingerprint density at radius 2 is 1.82 bits per heavy atom. The van der Waals surface area contributed by atoms with Gasteiger partial charge in [0, 0.05) is 18.0 Å². The minimum absolute atomic E-state index is 0.141. The predicted molar refractivity (Wildman–Crippen MR) is 136 cm³/mol. The number of amides is 1. The Morgan fingerprint density at radius 1 is 1.06 bits per heavy atom. The van der Waals surface area contributed by atoms with Crippen LogP contribution in [0.25, 0.3) is 17.1 Å². The summed E-state index contributed by atoms with van der Waals surface area (Å²) in [6.45, 7) is 8.45. The van der Waals surface area contributed by atoms with Gasteiger partial charge in [0.25, 0.3) is 0 Å². The van der Waals surface area contributed by atoms with E-state index >= 15 is 0 Å². The van der Waals surface area contributed by atoms with E-state index in [0.717, 1.165) is 11.3 Å². The molecule has 174 valence electrons. The summed E-state index contributed by atoms with van der Waals surface area (Å²) in [7, 11) is 0. The minimum Gasteiger partial charge on any atom is -0.492 e. The maximum atomic E-state index is 13.0. The van der Waals surface area contributed by atoms with Gasteiger partial charge in [-0.1, -0.05) is 30.0 Å². The van der Waals surface area contributed by atoms with Crippen molar-refractivity contribution in [2.45, 2.75) is 38.1 Å². The summed E-state index contributed by atoms with van der Waals surface area (Å²) in [4.78, 5) is 17.2. The van der Waals surface area contributed by atoms with E-state index in [1.54, 1.807) is 12.4 Å². The van der Waals surface area contributed by atoms with Gasteiger partial charge in [0.15, 0.2) is 11.0 Å². The number of benzene rings is 2. The van der Waals surface area contributed by atoms with Crippen LogP contribution in [0.15, 0.2) is 72.1 Å². The van der Waals surface area contributed by atoms with E-state index in [1.165, 1.54) is 22.9 Å². The Labute approximate surface area is 203 Å². The Bertz CT molecular complexity index is 1290. The molecule has 2 aromatic carbocycles. The third-order valence-corrected chi connectivity index (χ3v) is 6.46. The number of ether oxygens (including phenoxy) is 1. The Kier molecular flexibility index (Phi) is 7.27. The number of carbonyl (C=O) groups excluding carboxylic acids is 1. The third kappa shape index (κ3) is 5.12. The average Bonchev–Trinajstić information content (AvgIpc) is 3.26. The summed E-state index contributed by atoms with van der Waals surface area (Å²) in [6, 6.07) is 17.5. The van der Waals surface area contributed by atoms with Crippen LogP contribution in [-0.2, 0) is 4.79 Å². The van der Waals surface area contributed by atoms with E-state index in [9.17, 15) is 4.79 Å². The first-order valence-electron chi connectivity index (χ1n) is 11.1. The Morgan fingerprint density at radius 3 is 2.56 bits per heavy atom. The first kappa shape index (κ1) is 23.5. The lowest BCUT2D eigenvalue weighted by atomic mass is 10.1. The standard InChI is InChI=1S/C26H27N5O2S/c1-5-33-23-9-7-6-8-22(23)28-25(32)19(4)34-26-30-29-24(20-12-14-27-15-13-20)31(26)21-11-10-17(2)18(3)16-21/h6-16,19H,5H2,1-4H3,(H,28,32). The molecule has 8 heteroatoms. The van der Waals surface area contributed by atoms with Gasteiger partial charge in [-0.15, -0.1) is 10.2 Å². The number of thioether (sulfide) groups is 1. The van der Waals surface area contributed by atoms with Crippen molar-refractivity contribution in [2.24, 2.45) is 0 Å². The van der Waals surface area contributed by atoms with Crippen molar-refractivity contribution >= 4 is 23.4 Å². The molecule has 0 aliphatic rings. The lowest BCUT2D eigenvalue weighted by Gasteiger charge is -2.16. The fourth-order valence-corrected chi connectivity index (χ4v) is 4.30. The van der Waals surface area contributed by atoms with Crippen molar-refractivity contribution in [3.63, 3.8) is 0 Å². The van der Waals surface area contributed by atoms with Gasteiger partial charge in [0.1, 0.15) is 5.75 Å². The molecule has 1 atom stereocenters. The van der Waals surface area contributed by atoms with E-state index < -0.39 is 5.25 Å². The molecule has 1 N–H and O–H groups in total. The zero-order valence-electron chi connectivity index (χ0n) is 19.6. The summed E-state index contributed by atoms with van der Waals surface area (Å²) >= 11 is 1.36. The largest absolute Gasteiger partial charge is 0.492 e. The van der Waals surface area contributed by atoms with Crippen molar-refractivity contribution in [2.75, 3.05) is 11.9 Å². The molecule has 0 bridgehead atoms. The fourth-order valence-electron chi connectivity index (χ4n) is 3.43. The van der Waals surface area contributed by atoms with Gasteiger partial charge in [0.05, 0.1) is 23.2 Å². The van der Waals surface area contributed by atoms with E-state index in [-0.39, 0.29) is 5.91 Å². The molecule has 0 saturated carbocycles. The molecular formula is C26H27N5O2S. The fraction of sp³-hybridized carbons (Fsp3) is 0.231. The summed E-state index contributed by atoms with van der Waals surface area (Å²) < 4.78 is 7.62. The van der Waals surface area contributed by atoms with Crippen LogP contribution in [-0.4, -0.2) is 37.5 Å². The minimum atomic E-state index is -0.422. The van der Waals surface area contributed by atoms with E-state index in [4.69, 9.17) is 4.74 Å². The molecule has 1 unspecified atom stereocenters. The predicted octanol–water partition coefficient (Wildman–Crippen LogP) is 5.46. The molecule has 2 aromatic heterocycles. The Balaban J connectivity index is 1.64. The maximum absolute atomic E-state index is 13.0. The van der Waals surface area contributed by atoms with Crippen LogP contribution in [0.2, 0.25) is 0 Å². The summed E-state index contributed by atoms with van der Waals surface area (Å²) in [6.07, 6.45) is 3.46. The molecule has 4 rings (SSSR count). The molecule has 0 fully saturated rings. The van der Waals surface area contributed by atoms with Crippen molar-refractivity contribution in [1.82, 2.24) is 19.7 Å². The number of nitrogens with zero attached hydrogens (tertiary/aromatic N) is 4. The Hall–Kier alpha value is -3.65. The summed E-state index contributed by atoms with van der Waals surface area (Å²) in [5.74, 6) is 1.20. The van der Waals surface area contributed by atoms with E-state index in [2.05, 4.69) is 46.5 Å². The molecule has 2 heterocycles. The smallest absolute Gasteiger partial charge is 0.237 e. The molecule has 7 nitrogen and oxygen atoms in total. The van der Waals surface area contributed by atoms with Crippen LogP contribution in [0, 0.1) is 13.8 Å². The van der Waals surface area contributed by atoms with Gasteiger partial charge >= 0.3 is 0 Å². The first-order valence-corrected chi connectivity index (χ1v) is 12.0. The second kappa shape index (κ2) is 10.5. The van der Waals surface area contributed by atoms with Gasteiger partial charge in [-0.25, -0.2) is 0 Å². The first-order chi connectivity index (χ1) is 16.5. The summed E-state index contributed by atoms with van der Waals surface area (Å²) in [5.41, 5.74) is 4.86. The number of hydrogen-bond donors (Lipinski definition) is 1. The number of rotatable bonds is 8. The molecule has 1 amide bonds. The number of nitrogens with one attached hydrogen (secondary N) is 1. The highest BCUT2D eigenvalue weighted by molar-refractivity contribution is 8.00. The van der Waals surface area contributed by atoms with Gasteiger partial charge in [-0.3, -0.25) is 14.3 Å². The van der Waals surface area contributed by atoms with Crippen LogP contribution in [0.4, 0.5) is 5.69 Å². The van der Waals surface area contributed by atoms with Gasteiger partial charge < -0.3 is 10.1 Å². The topological polar surface area (TPSA) is 81.9 Å². The number of hydrogen-bond acceptors (Lipinski definition) is 6. The highest BCUT2D eigenvalue weighted by atomic mass is 32.2. The molecule has 34 heavy (non-hydrogen) atoms. The van der Waals surface area contributed by atoms with Crippen LogP contribution in [0.5, 0.6) is 5.75 Å². The maximum Gasteiger partial charge on any atom is 0.237 e. The van der Waals surface area contributed by atoms with Crippen molar-refractivity contribution in [3.8, 4) is 22.8 Å². The second-order valence-corrected chi connectivity index (χ2v) is 9.13. The monoisotopic (exact) mass is 473 g/mol. The number of anilines is 1. The van der Waals surface area contributed by atoms with E-state index in [1.807, 2.05) is 60.9 Å². The second-order valence-electron chi connectivity index (χ2n) is 7.82. The molecule has 0 spiro atoms. The van der Waals surface area contributed by atoms with Crippen LogP contribution >= 0.6 is 11.8 Å². The lowest BCUT2D eigenvalue weighted by Crippen LogP contribution is -2.23. The molecule has 0 aliphatic carbocycles.